The summed E-state index contributed by atoms with van der Waals surface area (Å²) in [6.07, 6.45) is -2.68. The highest BCUT2D eigenvalue weighted by molar-refractivity contribution is 7.43. The van der Waals surface area contributed by atoms with E-state index in [1.54, 1.807) is 0 Å². The maximum atomic E-state index is 12.2. The molecule has 1 aliphatic heterocycles. The van der Waals surface area contributed by atoms with Gasteiger partial charge in [0, 0.05) is 0 Å². The van der Waals surface area contributed by atoms with Crippen molar-refractivity contribution >= 4 is 24.9 Å². The maximum Gasteiger partial charge on any atom is 0.313 e. The molecule has 2 aromatic heterocycles. The molecule has 1 fully saturated rings. The van der Waals surface area contributed by atoms with Gasteiger partial charge in [-0.05, 0) is 0 Å². The van der Waals surface area contributed by atoms with E-state index in [9.17, 15) is 29.4 Å². The topological polar surface area (TPSA) is 203 Å². The van der Waals surface area contributed by atoms with Gasteiger partial charge in [-0.1, -0.05) is 17.6 Å². The van der Waals surface area contributed by atoms with Gasteiger partial charge in [-0.25, -0.2) is 4.57 Å². The van der Waals surface area contributed by atoms with Gasteiger partial charge in [-0.2, -0.15) is 0 Å². The molecule has 1 unspecified atom stereocenters. The molecule has 4 atom stereocenters. The molecule has 0 bridgehead atoms. The number of aromatic amines is 1. The lowest BCUT2D eigenvalue weighted by molar-refractivity contribution is -0.745. The monoisotopic (exact) mass is 402 g/mol. The second-order valence-electron chi connectivity index (χ2n) is 5.88. The number of rotatable bonds is 6. The van der Waals surface area contributed by atoms with E-state index >= 15 is 0 Å². The molecule has 0 radical (unpaired) electrons. The van der Waals surface area contributed by atoms with E-state index in [-0.39, 0.29) is 23.7 Å². The summed E-state index contributed by atoms with van der Waals surface area (Å²) in [6.45, 7) is 3.04. The third-order valence-electron chi connectivity index (χ3n) is 4.02. The van der Waals surface area contributed by atoms with E-state index in [0.717, 1.165) is 0 Å². The zero-order valence-corrected chi connectivity index (χ0v) is 14.7. The third-order valence-corrected chi connectivity index (χ3v) is 4.49. The van der Waals surface area contributed by atoms with Crippen LogP contribution in [0.5, 0.6) is 0 Å². The van der Waals surface area contributed by atoms with Crippen molar-refractivity contribution in [1.82, 2.24) is 14.5 Å². The molecule has 27 heavy (non-hydrogen) atoms. The van der Waals surface area contributed by atoms with Crippen LogP contribution in [0.15, 0.2) is 23.8 Å². The number of allylic oxidation sites excluding steroid dienone is 1. The predicted octanol–water partition coefficient (Wildman–Crippen LogP) is -3.76. The van der Waals surface area contributed by atoms with E-state index in [0.29, 0.717) is 0 Å². The van der Waals surface area contributed by atoms with Crippen LogP contribution in [0, 0.1) is 0 Å². The Balaban J connectivity index is 2.00. The van der Waals surface area contributed by atoms with E-state index < -0.39 is 44.5 Å². The number of phosphoric acid groups is 1. The number of nitrogens with one attached hydrogen (secondary N) is 1. The number of H-pyrrole nitrogens is 1. The zero-order valence-electron chi connectivity index (χ0n) is 13.8. The highest BCUT2D eigenvalue weighted by Gasteiger charge is 2.47. The lowest BCUT2D eigenvalue weighted by Crippen LogP contribution is -2.46. The fourth-order valence-corrected chi connectivity index (χ4v) is 3.23. The number of nitrogen functional groups attached to an aromatic ring is 1. The van der Waals surface area contributed by atoms with Crippen molar-refractivity contribution < 1.29 is 38.4 Å². The van der Waals surface area contributed by atoms with Gasteiger partial charge in [0.15, 0.2) is 6.33 Å². The number of phosphoric ester groups is 1. The van der Waals surface area contributed by atoms with Crippen molar-refractivity contribution in [3.05, 3.63) is 29.3 Å². The third kappa shape index (κ3) is 3.80. The van der Waals surface area contributed by atoms with Crippen LogP contribution in [-0.2, 0) is 20.4 Å². The molecular formula is C13H17N5O8P-. The second-order valence-corrected chi connectivity index (χ2v) is 7.03. The first kappa shape index (κ1) is 19.6. The number of aliphatic hydroxyl groups is 2. The van der Waals surface area contributed by atoms with Crippen LogP contribution < -0.4 is 25.6 Å². The Kier molecular flexibility index (Phi) is 5.18. The number of imidazole rings is 1. The number of aliphatic hydroxyl groups excluding tert-OH is 2. The van der Waals surface area contributed by atoms with E-state index in [4.69, 9.17) is 10.5 Å². The summed E-state index contributed by atoms with van der Waals surface area (Å²) in [7, 11) is -5.28. The van der Waals surface area contributed by atoms with Crippen molar-refractivity contribution in [2.45, 2.75) is 31.1 Å². The number of nitrogens with two attached hydrogens (primary N) is 1. The van der Waals surface area contributed by atoms with Gasteiger partial charge < -0.3 is 39.6 Å². The van der Waals surface area contributed by atoms with Crippen molar-refractivity contribution in [2.75, 3.05) is 12.3 Å². The van der Waals surface area contributed by atoms with Crippen molar-refractivity contribution in [3.8, 4) is 0 Å². The number of anilines is 1. The Morgan fingerprint density at radius 2 is 2.22 bits per heavy atom. The smallest absolute Gasteiger partial charge is 0.313 e. The van der Waals surface area contributed by atoms with E-state index in [1.165, 1.54) is 21.5 Å². The van der Waals surface area contributed by atoms with Gasteiger partial charge >= 0.3 is 5.65 Å². The molecule has 0 saturated carbocycles. The number of hydrogen-bond donors (Lipinski definition) is 4. The highest BCUT2D eigenvalue weighted by Crippen LogP contribution is 2.31. The maximum absolute atomic E-state index is 12.2. The Bertz CT molecular complexity index is 968. The molecule has 1 aliphatic rings. The SMILES string of the molecule is C=CCn1c[n+](C2O[C@H](COP(=O)([O-])[O-])[C@@H](O)[C@H]2O)c2nc(N)[nH]c(=O)c21. The Hall–Kier alpha value is -2.12. The van der Waals surface area contributed by atoms with Crippen LogP contribution in [0.3, 0.4) is 0 Å². The Labute approximate surface area is 151 Å². The van der Waals surface area contributed by atoms with Gasteiger partial charge in [0.25, 0.3) is 11.5 Å². The van der Waals surface area contributed by atoms with Crippen LogP contribution in [-0.4, -0.2) is 49.7 Å². The van der Waals surface area contributed by atoms with E-state index in [1.807, 2.05) is 0 Å². The molecule has 0 aliphatic carbocycles. The molecular weight excluding hydrogens is 385 g/mol. The molecule has 1 saturated heterocycles. The molecule has 3 heterocycles. The molecule has 0 aromatic carbocycles. The van der Waals surface area contributed by atoms with Gasteiger partial charge in [-0.3, -0.25) is 14.3 Å². The predicted molar refractivity (Wildman–Crippen MR) is 84.6 cm³/mol. The fourth-order valence-electron chi connectivity index (χ4n) is 2.90. The summed E-state index contributed by atoms with van der Waals surface area (Å²) in [5, 5.41) is 20.4. The average Bonchev–Trinajstić information content (AvgIpc) is 3.04. The number of ether oxygens (including phenoxy) is 1. The Morgan fingerprint density at radius 3 is 2.85 bits per heavy atom. The van der Waals surface area contributed by atoms with E-state index in [2.05, 4.69) is 21.1 Å². The molecule has 148 valence electrons. The van der Waals surface area contributed by atoms with Crippen molar-refractivity contribution in [1.29, 1.82) is 0 Å². The summed E-state index contributed by atoms with van der Waals surface area (Å²) in [5.41, 5.74) is 5.23. The second kappa shape index (κ2) is 7.13. The van der Waals surface area contributed by atoms with Gasteiger partial charge in [-0.15, -0.1) is 0 Å². The van der Waals surface area contributed by atoms with Crippen molar-refractivity contribution in [2.24, 2.45) is 0 Å². The molecule has 0 amide bonds. The first-order valence-electron chi connectivity index (χ1n) is 7.71. The Morgan fingerprint density at radius 1 is 1.52 bits per heavy atom. The van der Waals surface area contributed by atoms with Gasteiger partial charge in [0.2, 0.25) is 11.7 Å². The molecule has 13 nitrogen and oxygen atoms in total. The van der Waals surface area contributed by atoms with Gasteiger partial charge in [0.1, 0.15) is 18.3 Å². The van der Waals surface area contributed by atoms with Crippen LogP contribution in [0.2, 0.25) is 0 Å². The summed E-state index contributed by atoms with van der Waals surface area (Å²) in [5.74, 6) is -0.177. The lowest BCUT2D eigenvalue weighted by Gasteiger charge is -2.30. The normalized spacial score (nSPS) is 25.9. The minimum absolute atomic E-state index is 0.0641. The minimum Gasteiger partial charge on any atom is -0.790 e. The molecule has 5 N–H and O–H groups in total. The quantitative estimate of drug-likeness (QED) is 0.211. The lowest BCUT2D eigenvalue weighted by atomic mass is 10.1. The molecule has 3 rings (SSSR count). The highest BCUT2D eigenvalue weighted by atomic mass is 31.2. The standard InChI is InChI=1S/C13H18N5O8P/c1-2-3-17-5-18(10-7(17)11(21)16-13(14)15-10)12-9(20)8(19)6(26-12)4-25-27(22,23)24/h2,5-6,8-9,12,19-20H,1,3-4H2,(H4-,14,15,16,21,22,23,24)/p-1/t6-,8-,9-,12?/m1/s1. The number of hydrogen-bond acceptors (Lipinski definition) is 10. The first-order chi connectivity index (χ1) is 12.6. The largest absolute Gasteiger partial charge is 0.790 e. The first-order valence-corrected chi connectivity index (χ1v) is 9.17. The number of nitrogens with zero attached hydrogens (tertiary/aromatic N) is 3. The number of fused-ring (bicyclic) bond motifs is 1. The fraction of sp³-hybridized carbons (Fsp3) is 0.462. The molecule has 14 heteroatoms. The van der Waals surface area contributed by atoms with Crippen molar-refractivity contribution in [3.63, 3.8) is 0 Å². The summed E-state index contributed by atoms with van der Waals surface area (Å²) in [4.78, 5) is 39.9. The van der Waals surface area contributed by atoms with Crippen LogP contribution >= 0.6 is 7.82 Å². The average molecular weight is 402 g/mol. The molecule has 0 spiro atoms. The minimum atomic E-state index is -5.28. The number of aromatic nitrogens is 4. The van der Waals surface area contributed by atoms with Crippen LogP contribution in [0.25, 0.3) is 11.2 Å². The zero-order chi connectivity index (χ0) is 19.9. The summed E-state index contributed by atoms with van der Waals surface area (Å²) >= 11 is 0. The van der Waals surface area contributed by atoms with Crippen LogP contribution in [0.4, 0.5) is 5.95 Å². The molecule has 2 aromatic rings. The summed E-state index contributed by atoms with van der Waals surface area (Å²) < 4.78 is 22.9. The summed E-state index contributed by atoms with van der Waals surface area (Å²) in [6, 6.07) is 0. The van der Waals surface area contributed by atoms with Crippen LogP contribution in [0.1, 0.15) is 6.23 Å². The van der Waals surface area contributed by atoms with Gasteiger partial charge in [0.05, 0.1) is 21.0 Å².